The van der Waals surface area contributed by atoms with Crippen LogP contribution in [-0.4, -0.2) is 58.7 Å². The second-order valence-corrected chi connectivity index (χ2v) is 5.52. The molecule has 0 unspecified atom stereocenters. The molecule has 0 aromatic heterocycles. The molecule has 0 aliphatic carbocycles. The Balaban J connectivity index is 1.90. The van der Waals surface area contributed by atoms with Crippen molar-refractivity contribution in [1.29, 1.82) is 0 Å². The maximum atomic E-state index is 11.2. The van der Waals surface area contributed by atoms with Crippen LogP contribution in [0.4, 0.5) is 4.79 Å². The molecule has 1 saturated heterocycles. The van der Waals surface area contributed by atoms with Crippen molar-refractivity contribution in [2.45, 2.75) is 51.1 Å². The van der Waals surface area contributed by atoms with Gasteiger partial charge in [-0.15, -0.1) is 0 Å². The summed E-state index contributed by atoms with van der Waals surface area (Å²) in [5, 5.41) is 31.9. The van der Waals surface area contributed by atoms with Crippen LogP contribution in [0.2, 0.25) is 0 Å². The number of aliphatic hydroxyl groups is 3. The molecule has 5 atom stereocenters. The van der Waals surface area contributed by atoms with Gasteiger partial charge in [-0.1, -0.05) is 12.1 Å². The number of aliphatic hydroxyl groups excluding tert-OH is 3. The molecule has 0 radical (unpaired) electrons. The summed E-state index contributed by atoms with van der Waals surface area (Å²) < 4.78 is 15.7. The van der Waals surface area contributed by atoms with E-state index >= 15 is 0 Å². The van der Waals surface area contributed by atoms with Crippen LogP contribution in [0.5, 0.6) is 5.75 Å². The maximum absolute atomic E-state index is 11.2. The van der Waals surface area contributed by atoms with Crippen molar-refractivity contribution in [3.8, 4) is 5.75 Å². The molecule has 0 bridgehead atoms. The number of rotatable bonds is 5. The summed E-state index contributed by atoms with van der Waals surface area (Å²) in [6, 6.07) is 6.79. The van der Waals surface area contributed by atoms with Gasteiger partial charge in [0, 0.05) is 6.54 Å². The third kappa shape index (κ3) is 4.57. The zero-order valence-electron chi connectivity index (χ0n) is 13.6. The molecule has 1 aliphatic heterocycles. The molecule has 24 heavy (non-hydrogen) atoms. The fourth-order valence-electron chi connectivity index (χ4n) is 2.29. The van der Waals surface area contributed by atoms with E-state index in [1.165, 1.54) is 0 Å². The number of ether oxygens (including phenoxy) is 3. The number of amides is 1. The van der Waals surface area contributed by atoms with Crippen molar-refractivity contribution >= 4 is 6.09 Å². The van der Waals surface area contributed by atoms with Gasteiger partial charge in [0.05, 0.1) is 12.7 Å². The number of nitrogens with one attached hydrogen (secondary N) is 1. The van der Waals surface area contributed by atoms with Gasteiger partial charge in [-0.3, -0.25) is 0 Å². The minimum absolute atomic E-state index is 0.307. The van der Waals surface area contributed by atoms with Gasteiger partial charge < -0.3 is 34.8 Å². The minimum Gasteiger partial charge on any atom is -0.462 e. The van der Waals surface area contributed by atoms with E-state index in [9.17, 15) is 20.1 Å². The molecule has 1 aliphatic rings. The number of hydrogen-bond donors (Lipinski definition) is 4. The average Bonchev–Trinajstić information content (AvgIpc) is 2.57. The highest BCUT2D eigenvalue weighted by atomic mass is 16.7. The Morgan fingerprint density at radius 1 is 1.17 bits per heavy atom. The molecular formula is C16H23NO7. The van der Waals surface area contributed by atoms with Crippen LogP contribution in [0, 0.1) is 0 Å². The molecule has 4 N–H and O–H groups in total. The number of benzene rings is 1. The van der Waals surface area contributed by atoms with Crippen LogP contribution in [-0.2, 0) is 16.0 Å². The van der Waals surface area contributed by atoms with Crippen molar-refractivity contribution in [1.82, 2.24) is 5.32 Å². The normalized spacial score (nSPS) is 29.8. The summed E-state index contributed by atoms with van der Waals surface area (Å²) in [5.74, 6) is 0.426. The zero-order chi connectivity index (χ0) is 17.7. The van der Waals surface area contributed by atoms with E-state index in [1.807, 2.05) is 0 Å². The van der Waals surface area contributed by atoms with Crippen LogP contribution in [0.3, 0.4) is 0 Å². The monoisotopic (exact) mass is 341 g/mol. The van der Waals surface area contributed by atoms with E-state index in [0.717, 1.165) is 5.56 Å². The Morgan fingerprint density at radius 3 is 2.46 bits per heavy atom. The number of hydrogen-bond acceptors (Lipinski definition) is 7. The molecule has 1 aromatic carbocycles. The Labute approximate surface area is 140 Å². The first kappa shape index (κ1) is 18.5. The molecule has 1 amide bonds. The standard InChI is InChI=1S/C16H23NO7/c1-3-22-16(21)17-8-10-4-6-11(7-5-10)24-15-14(20)13(19)12(18)9(2)23-15/h4-7,9,12-15,18-20H,3,8H2,1-2H3,(H,17,21)/t9-,12-,13+,14+,15-/m0/s1. The van der Waals surface area contributed by atoms with E-state index < -0.39 is 36.8 Å². The van der Waals surface area contributed by atoms with E-state index in [0.29, 0.717) is 18.9 Å². The van der Waals surface area contributed by atoms with Crippen molar-refractivity contribution in [2.24, 2.45) is 0 Å². The van der Waals surface area contributed by atoms with Gasteiger partial charge in [0.2, 0.25) is 6.29 Å². The van der Waals surface area contributed by atoms with Crippen LogP contribution >= 0.6 is 0 Å². The first-order valence-electron chi connectivity index (χ1n) is 7.78. The van der Waals surface area contributed by atoms with Crippen molar-refractivity contribution in [3.05, 3.63) is 29.8 Å². The Kier molecular flexibility index (Phi) is 6.38. The van der Waals surface area contributed by atoms with Crippen LogP contribution < -0.4 is 10.1 Å². The summed E-state index contributed by atoms with van der Waals surface area (Å²) in [4.78, 5) is 11.2. The number of carbonyl (C=O) groups is 1. The Morgan fingerprint density at radius 2 is 1.83 bits per heavy atom. The fraction of sp³-hybridized carbons (Fsp3) is 0.562. The van der Waals surface area contributed by atoms with Gasteiger partial charge in [0.15, 0.2) is 0 Å². The Hall–Kier alpha value is -1.87. The van der Waals surface area contributed by atoms with Gasteiger partial charge in [-0.2, -0.15) is 0 Å². The van der Waals surface area contributed by atoms with Gasteiger partial charge in [-0.05, 0) is 31.5 Å². The SMILES string of the molecule is CCOC(=O)NCc1ccc(O[C@@H]2O[C@@H](C)[C@H](O)[C@@H](O)[C@H]2O)cc1. The highest BCUT2D eigenvalue weighted by Gasteiger charge is 2.43. The summed E-state index contributed by atoms with van der Waals surface area (Å²) in [5.41, 5.74) is 0.837. The zero-order valence-corrected chi connectivity index (χ0v) is 13.6. The third-order valence-electron chi connectivity index (χ3n) is 3.70. The molecule has 8 heteroatoms. The molecule has 134 valence electrons. The van der Waals surface area contributed by atoms with Gasteiger partial charge >= 0.3 is 6.09 Å². The largest absolute Gasteiger partial charge is 0.462 e. The summed E-state index contributed by atoms with van der Waals surface area (Å²) in [6.07, 6.45) is -6.11. The topological polar surface area (TPSA) is 117 Å². The van der Waals surface area contributed by atoms with Crippen molar-refractivity contribution in [2.75, 3.05) is 6.61 Å². The second kappa shape index (κ2) is 8.29. The number of alkyl carbamates (subject to hydrolysis) is 1. The predicted octanol–water partition coefficient (Wildman–Crippen LogP) is 0.139. The third-order valence-corrected chi connectivity index (χ3v) is 3.70. The molecule has 0 spiro atoms. The lowest BCUT2D eigenvalue weighted by Crippen LogP contribution is -2.58. The van der Waals surface area contributed by atoms with E-state index in [4.69, 9.17) is 14.2 Å². The smallest absolute Gasteiger partial charge is 0.407 e. The van der Waals surface area contributed by atoms with Crippen LogP contribution in [0.15, 0.2) is 24.3 Å². The quantitative estimate of drug-likeness (QED) is 0.602. The predicted molar refractivity (Wildman–Crippen MR) is 83.3 cm³/mol. The lowest BCUT2D eigenvalue weighted by molar-refractivity contribution is -0.268. The lowest BCUT2D eigenvalue weighted by Gasteiger charge is -2.38. The maximum Gasteiger partial charge on any atom is 0.407 e. The van der Waals surface area contributed by atoms with Gasteiger partial charge in [0.1, 0.15) is 24.1 Å². The summed E-state index contributed by atoms with van der Waals surface area (Å²) in [7, 11) is 0. The molecule has 1 heterocycles. The van der Waals surface area contributed by atoms with E-state index in [2.05, 4.69) is 5.32 Å². The molecule has 2 rings (SSSR count). The van der Waals surface area contributed by atoms with Crippen LogP contribution in [0.1, 0.15) is 19.4 Å². The highest BCUT2D eigenvalue weighted by molar-refractivity contribution is 5.67. The molecular weight excluding hydrogens is 318 g/mol. The van der Waals surface area contributed by atoms with Crippen molar-refractivity contribution < 1.29 is 34.3 Å². The van der Waals surface area contributed by atoms with Crippen LogP contribution in [0.25, 0.3) is 0 Å². The van der Waals surface area contributed by atoms with Gasteiger partial charge in [-0.25, -0.2) is 4.79 Å². The Bertz CT molecular complexity index is 536. The molecule has 0 saturated carbocycles. The first-order chi connectivity index (χ1) is 11.4. The second-order valence-electron chi connectivity index (χ2n) is 5.52. The van der Waals surface area contributed by atoms with E-state index in [1.54, 1.807) is 38.1 Å². The minimum atomic E-state index is -1.36. The summed E-state index contributed by atoms with van der Waals surface area (Å²) >= 11 is 0. The van der Waals surface area contributed by atoms with Crippen molar-refractivity contribution in [3.63, 3.8) is 0 Å². The molecule has 1 fully saturated rings. The van der Waals surface area contributed by atoms with Gasteiger partial charge in [0.25, 0.3) is 0 Å². The fourth-order valence-corrected chi connectivity index (χ4v) is 2.29. The first-order valence-corrected chi connectivity index (χ1v) is 7.78. The van der Waals surface area contributed by atoms with E-state index in [-0.39, 0.29) is 0 Å². The highest BCUT2D eigenvalue weighted by Crippen LogP contribution is 2.24. The molecule has 8 nitrogen and oxygen atoms in total. The lowest BCUT2D eigenvalue weighted by atomic mass is 10.00. The summed E-state index contributed by atoms with van der Waals surface area (Å²) in [6.45, 7) is 3.93. The number of carbonyl (C=O) groups excluding carboxylic acids is 1. The average molecular weight is 341 g/mol. The molecule has 1 aromatic rings.